The van der Waals surface area contributed by atoms with E-state index in [0.717, 1.165) is 4.88 Å². The molecule has 17 heavy (non-hydrogen) atoms. The highest BCUT2D eigenvalue weighted by atomic mass is 35.5. The standard InChI is InChI=1S/C12H9ClN2OS/c13-10-6-4-9(17-10)5-7-12(16)15-11-3-1-2-8-14-11/h1-8H,(H,14,15,16)/b7-5+. The van der Waals surface area contributed by atoms with E-state index in [9.17, 15) is 4.79 Å². The van der Waals surface area contributed by atoms with E-state index in [1.807, 2.05) is 12.1 Å². The van der Waals surface area contributed by atoms with Gasteiger partial charge in [0.25, 0.3) is 0 Å². The van der Waals surface area contributed by atoms with E-state index in [-0.39, 0.29) is 5.91 Å². The van der Waals surface area contributed by atoms with Crippen LogP contribution in [0.15, 0.2) is 42.6 Å². The predicted octanol–water partition coefficient (Wildman–Crippen LogP) is 3.45. The second kappa shape index (κ2) is 5.61. The highest BCUT2D eigenvalue weighted by Gasteiger charge is 1.98. The van der Waals surface area contributed by atoms with Gasteiger partial charge >= 0.3 is 0 Å². The Balaban J connectivity index is 1.96. The summed E-state index contributed by atoms with van der Waals surface area (Å²) in [6.45, 7) is 0. The first-order valence-corrected chi connectivity index (χ1v) is 6.09. The Morgan fingerprint density at radius 3 is 2.88 bits per heavy atom. The first kappa shape index (κ1) is 11.8. The van der Waals surface area contributed by atoms with Gasteiger partial charge in [0.2, 0.25) is 5.91 Å². The Bertz CT molecular complexity index is 536. The van der Waals surface area contributed by atoms with Crippen molar-refractivity contribution in [3.8, 4) is 0 Å². The molecule has 0 radical (unpaired) electrons. The van der Waals surface area contributed by atoms with Gasteiger partial charge in [0, 0.05) is 17.2 Å². The average molecular weight is 265 g/mol. The quantitative estimate of drug-likeness (QED) is 0.863. The number of halogens is 1. The zero-order valence-electron chi connectivity index (χ0n) is 8.76. The summed E-state index contributed by atoms with van der Waals surface area (Å²) in [5, 5.41) is 2.65. The monoisotopic (exact) mass is 264 g/mol. The third-order valence-corrected chi connectivity index (χ3v) is 3.11. The summed E-state index contributed by atoms with van der Waals surface area (Å²) < 4.78 is 0.704. The van der Waals surface area contributed by atoms with E-state index in [4.69, 9.17) is 11.6 Å². The Labute approximate surface area is 108 Å². The van der Waals surface area contributed by atoms with Crippen LogP contribution in [0.2, 0.25) is 4.34 Å². The van der Waals surface area contributed by atoms with E-state index in [1.54, 1.807) is 30.5 Å². The van der Waals surface area contributed by atoms with Crippen molar-refractivity contribution in [2.75, 3.05) is 5.32 Å². The van der Waals surface area contributed by atoms with Gasteiger partial charge in [0.1, 0.15) is 5.82 Å². The van der Waals surface area contributed by atoms with Crippen molar-refractivity contribution in [3.63, 3.8) is 0 Å². The third-order valence-electron chi connectivity index (χ3n) is 1.91. The summed E-state index contributed by atoms with van der Waals surface area (Å²) in [7, 11) is 0. The number of carbonyl (C=O) groups is 1. The highest BCUT2D eigenvalue weighted by Crippen LogP contribution is 2.22. The average Bonchev–Trinajstić information content (AvgIpc) is 2.74. The van der Waals surface area contributed by atoms with Crippen molar-refractivity contribution >= 4 is 40.7 Å². The molecular weight excluding hydrogens is 256 g/mol. The number of hydrogen-bond donors (Lipinski definition) is 1. The first-order valence-electron chi connectivity index (χ1n) is 4.89. The van der Waals surface area contributed by atoms with Gasteiger partial charge < -0.3 is 5.32 Å². The van der Waals surface area contributed by atoms with Gasteiger partial charge in [-0.2, -0.15) is 0 Å². The molecule has 1 amide bonds. The lowest BCUT2D eigenvalue weighted by Gasteiger charge is -1.98. The van der Waals surface area contributed by atoms with Crippen LogP contribution in [0.5, 0.6) is 0 Å². The number of rotatable bonds is 3. The Morgan fingerprint density at radius 1 is 1.35 bits per heavy atom. The van der Waals surface area contributed by atoms with Crippen LogP contribution in [-0.2, 0) is 4.79 Å². The highest BCUT2D eigenvalue weighted by molar-refractivity contribution is 7.17. The molecule has 0 saturated carbocycles. The molecule has 0 atom stereocenters. The summed E-state index contributed by atoms with van der Waals surface area (Å²) in [4.78, 5) is 16.5. The van der Waals surface area contributed by atoms with Crippen molar-refractivity contribution in [2.45, 2.75) is 0 Å². The second-order valence-electron chi connectivity index (χ2n) is 3.18. The molecular formula is C12H9ClN2OS. The number of amides is 1. The van der Waals surface area contributed by atoms with Crippen molar-refractivity contribution in [1.82, 2.24) is 4.98 Å². The lowest BCUT2D eigenvalue weighted by Crippen LogP contribution is -2.08. The molecule has 0 unspecified atom stereocenters. The molecule has 2 heterocycles. The summed E-state index contributed by atoms with van der Waals surface area (Å²) >= 11 is 7.20. The van der Waals surface area contributed by atoms with Gasteiger partial charge in [-0.3, -0.25) is 4.79 Å². The molecule has 3 nitrogen and oxygen atoms in total. The maximum Gasteiger partial charge on any atom is 0.249 e. The fourth-order valence-electron chi connectivity index (χ4n) is 1.18. The van der Waals surface area contributed by atoms with Gasteiger partial charge in [-0.25, -0.2) is 4.98 Å². The lowest BCUT2D eigenvalue weighted by atomic mass is 10.4. The van der Waals surface area contributed by atoms with Crippen molar-refractivity contribution in [3.05, 3.63) is 51.8 Å². The Morgan fingerprint density at radius 2 is 2.24 bits per heavy atom. The van der Waals surface area contributed by atoms with Gasteiger partial charge in [-0.1, -0.05) is 17.7 Å². The zero-order chi connectivity index (χ0) is 12.1. The van der Waals surface area contributed by atoms with Gasteiger partial charge in [-0.05, 0) is 30.3 Å². The van der Waals surface area contributed by atoms with E-state index >= 15 is 0 Å². The predicted molar refractivity (Wildman–Crippen MR) is 71.2 cm³/mol. The number of thiophene rings is 1. The molecule has 86 valence electrons. The minimum absolute atomic E-state index is 0.215. The van der Waals surface area contributed by atoms with Gasteiger partial charge in [0.05, 0.1) is 4.34 Å². The van der Waals surface area contributed by atoms with Crippen LogP contribution >= 0.6 is 22.9 Å². The molecule has 2 rings (SSSR count). The number of nitrogens with zero attached hydrogens (tertiary/aromatic N) is 1. The van der Waals surface area contributed by atoms with E-state index < -0.39 is 0 Å². The number of hydrogen-bond acceptors (Lipinski definition) is 3. The lowest BCUT2D eigenvalue weighted by molar-refractivity contribution is -0.111. The fraction of sp³-hybridized carbons (Fsp3) is 0. The summed E-state index contributed by atoms with van der Waals surface area (Å²) in [5.41, 5.74) is 0. The normalized spacial score (nSPS) is 10.6. The van der Waals surface area contributed by atoms with Crippen LogP contribution in [0.25, 0.3) is 6.08 Å². The molecule has 0 aliphatic carbocycles. The topological polar surface area (TPSA) is 42.0 Å². The minimum Gasteiger partial charge on any atom is -0.307 e. The van der Waals surface area contributed by atoms with Crippen molar-refractivity contribution < 1.29 is 4.79 Å². The summed E-state index contributed by atoms with van der Waals surface area (Å²) in [6, 6.07) is 8.98. The van der Waals surface area contributed by atoms with Crippen molar-refractivity contribution in [1.29, 1.82) is 0 Å². The number of anilines is 1. The minimum atomic E-state index is -0.215. The largest absolute Gasteiger partial charge is 0.307 e. The van der Waals surface area contributed by atoms with Crippen LogP contribution in [-0.4, -0.2) is 10.9 Å². The molecule has 0 aromatic carbocycles. The zero-order valence-corrected chi connectivity index (χ0v) is 10.3. The van der Waals surface area contributed by atoms with Gasteiger partial charge in [-0.15, -0.1) is 11.3 Å². The molecule has 2 aromatic rings. The van der Waals surface area contributed by atoms with Crippen molar-refractivity contribution in [2.24, 2.45) is 0 Å². The van der Waals surface area contributed by atoms with Gasteiger partial charge in [0.15, 0.2) is 0 Å². The van der Waals surface area contributed by atoms with Crippen LogP contribution in [0.1, 0.15) is 4.88 Å². The SMILES string of the molecule is O=C(/C=C/c1ccc(Cl)s1)Nc1ccccn1. The molecule has 0 aliphatic heterocycles. The Kier molecular flexibility index (Phi) is 3.90. The summed E-state index contributed by atoms with van der Waals surface area (Å²) in [6.07, 6.45) is 4.80. The molecule has 0 saturated heterocycles. The van der Waals surface area contributed by atoms with E-state index in [0.29, 0.717) is 10.2 Å². The number of carbonyl (C=O) groups excluding carboxylic acids is 1. The second-order valence-corrected chi connectivity index (χ2v) is 4.93. The fourth-order valence-corrected chi connectivity index (χ4v) is 2.14. The molecule has 0 spiro atoms. The maximum atomic E-state index is 11.5. The number of aromatic nitrogens is 1. The Hall–Kier alpha value is -1.65. The molecule has 0 bridgehead atoms. The van der Waals surface area contributed by atoms with E-state index in [2.05, 4.69) is 10.3 Å². The number of nitrogens with one attached hydrogen (secondary N) is 1. The molecule has 0 fully saturated rings. The molecule has 0 aliphatic rings. The smallest absolute Gasteiger partial charge is 0.249 e. The molecule has 2 aromatic heterocycles. The van der Waals surface area contributed by atoms with Crippen LogP contribution in [0.4, 0.5) is 5.82 Å². The number of pyridine rings is 1. The van der Waals surface area contributed by atoms with Crippen LogP contribution in [0.3, 0.4) is 0 Å². The van der Waals surface area contributed by atoms with E-state index in [1.165, 1.54) is 17.4 Å². The first-order chi connectivity index (χ1) is 8.24. The maximum absolute atomic E-state index is 11.5. The van der Waals surface area contributed by atoms with Crippen LogP contribution < -0.4 is 5.32 Å². The van der Waals surface area contributed by atoms with Crippen LogP contribution in [0, 0.1) is 0 Å². The third kappa shape index (κ3) is 3.69. The summed E-state index contributed by atoms with van der Waals surface area (Å²) in [5.74, 6) is 0.319. The molecule has 5 heteroatoms. The molecule has 1 N–H and O–H groups in total.